The molecule has 0 atom stereocenters. The largest absolute Gasteiger partial charge is 0.494 e. The average molecular weight is 1560 g/mol. The Hall–Kier alpha value is -12.3. The van der Waals surface area contributed by atoms with Crippen LogP contribution in [-0.4, -0.2) is 166 Å². The van der Waals surface area contributed by atoms with Crippen molar-refractivity contribution in [2.45, 2.75) is 131 Å². The summed E-state index contributed by atoms with van der Waals surface area (Å²) >= 11 is 0. The van der Waals surface area contributed by atoms with E-state index in [4.69, 9.17) is 47.4 Å². The average Bonchev–Trinajstić information content (AvgIpc) is 0.830. The lowest BCUT2D eigenvalue weighted by atomic mass is 9.93. The summed E-state index contributed by atoms with van der Waals surface area (Å²) in [5, 5.41) is 31.8. The topological polar surface area (TPSA) is 367 Å². The molecule has 9 aromatic rings. The minimum atomic E-state index is -1.05. The van der Waals surface area contributed by atoms with Crippen molar-refractivity contribution in [2.75, 3.05) is 126 Å². The molecule has 3 aromatic heterocycles. The van der Waals surface area contributed by atoms with Crippen LogP contribution in [0.3, 0.4) is 0 Å². The number of ether oxygens (including phenoxy) is 10. The molecule has 6 aromatic carbocycles. The van der Waals surface area contributed by atoms with Gasteiger partial charge in [-0.3, -0.25) is 4.79 Å². The lowest BCUT2D eigenvalue weighted by Crippen LogP contribution is -2.40. The number of carboxylic acids is 1. The monoisotopic (exact) mass is 1560 g/mol. The molecule has 12 rings (SSSR count). The Bertz CT molecular complexity index is 4580. The van der Waals surface area contributed by atoms with Crippen LogP contribution in [0.1, 0.15) is 159 Å². The molecule has 6 heterocycles. The Morgan fingerprint density at radius 1 is 0.430 bits per heavy atom. The third-order valence-electron chi connectivity index (χ3n) is 17.5. The third kappa shape index (κ3) is 27.9. The van der Waals surface area contributed by atoms with Gasteiger partial charge in [0.25, 0.3) is 5.91 Å². The second kappa shape index (κ2) is 44.1. The minimum absolute atomic E-state index is 0.0867. The number of aromatic carboxylic acids is 1. The second-order valence-electron chi connectivity index (χ2n) is 27.8. The number of esters is 1. The standard InChI is InChI=1S/C32H45N7O4.C26H31N5O5.C25H29N5O5/c1-6-41-31-37-29-33-20-23-12-11-13-25(18-23)42-16-9-7-8-10-17-43-27-19-24(35-30(36-29)38-31)14-15-26(27)28(40)34-21-32(2,3)22-39(4)5;1-3-34-26-30-24-27-17-18-9-8-10-20(15-18)35-13-6-4-5-7-14-36-22-16-19(28-25(29-24)31-26)11-12-21(22)23(32)33-2;1-2-33-25-29-23-26-16-17-8-7-9-19(14-17)34-12-5-3-4-6-13-35-21-15-18(27-24(28-23)30-25)10-11-20(21)22(31)32/h11-15,18-19H,6-10,16-17,20-22H2,1-5H3,(H,34,40)(H2,33,35,36,37,38);8-12,15-16H,3-7,13-14,17H2,1-2H3,(H2,27,28,29,30,31);7-11,14-15H,2-6,12-13,16H2,1H3,(H,31,32)(H2,26,27,28,29,30). The van der Waals surface area contributed by atoms with Gasteiger partial charge in [0, 0.05) is 68.0 Å². The molecule has 1 amide bonds. The molecule has 31 nitrogen and oxygen atoms in total. The Kier molecular flexibility index (Phi) is 32.6. The van der Waals surface area contributed by atoms with Gasteiger partial charge in [0.1, 0.15) is 45.6 Å². The summed E-state index contributed by atoms with van der Waals surface area (Å²) in [5.41, 5.74) is 5.87. The Morgan fingerprint density at radius 3 is 1.11 bits per heavy atom. The first-order chi connectivity index (χ1) is 55.4. The summed E-state index contributed by atoms with van der Waals surface area (Å²) < 4.78 is 57.4. The number of carboxylic acid groups (broad SMARTS) is 1. The van der Waals surface area contributed by atoms with Crippen molar-refractivity contribution in [3.63, 3.8) is 0 Å². The Morgan fingerprint density at radius 2 is 0.763 bits per heavy atom. The van der Waals surface area contributed by atoms with Crippen LogP contribution in [-0.2, 0) is 24.4 Å². The van der Waals surface area contributed by atoms with Gasteiger partial charge in [0.2, 0.25) is 35.7 Å². The first-order valence-electron chi connectivity index (χ1n) is 38.9. The molecule has 31 heteroatoms. The molecule has 0 aliphatic carbocycles. The van der Waals surface area contributed by atoms with E-state index in [2.05, 4.69) is 101 Å². The first-order valence-corrected chi connectivity index (χ1v) is 38.9. The quantitative estimate of drug-likeness (QED) is 0.0497. The summed E-state index contributed by atoms with van der Waals surface area (Å²) in [6.07, 6.45) is 11.4. The van der Waals surface area contributed by atoms with Crippen LogP contribution in [0.25, 0.3) is 0 Å². The van der Waals surface area contributed by atoms with E-state index in [1.807, 2.05) is 120 Å². The number of carbonyl (C=O) groups is 3. The van der Waals surface area contributed by atoms with E-state index in [1.54, 1.807) is 36.4 Å². The van der Waals surface area contributed by atoms with Crippen LogP contribution in [0.5, 0.6) is 52.5 Å². The van der Waals surface area contributed by atoms with Gasteiger partial charge in [0.05, 0.1) is 72.1 Å². The predicted octanol–water partition coefficient (Wildman–Crippen LogP) is 14.7. The lowest BCUT2D eigenvalue weighted by Gasteiger charge is -2.28. The van der Waals surface area contributed by atoms with Crippen LogP contribution in [0.2, 0.25) is 0 Å². The van der Waals surface area contributed by atoms with Crippen LogP contribution in [0.15, 0.2) is 127 Å². The van der Waals surface area contributed by atoms with Gasteiger partial charge in [-0.1, -0.05) is 50.2 Å². The van der Waals surface area contributed by atoms with Gasteiger partial charge < -0.3 is 94.6 Å². The van der Waals surface area contributed by atoms with Crippen LogP contribution in [0.4, 0.5) is 52.8 Å². The summed E-state index contributed by atoms with van der Waals surface area (Å²) in [5.74, 6) is 3.93. The SMILES string of the molecule is CCOc1nc2nc(n1)Nc1ccc(C(=O)NCC(C)(C)CN(C)C)c(c1)OCCCCCCOc1cccc(c1)CN2.CCOc1nc2nc(n1)Nc1ccc(C(=O)O)c(c1)OCCCCCCOc1cccc(c1)CN2.CCOc1nc2nc(n1)Nc1ccc(C(=O)OC)c(c1)OCCCCCCOc1cccc(c1)CN2. The summed E-state index contributed by atoms with van der Waals surface area (Å²) in [7, 11) is 5.41. The summed E-state index contributed by atoms with van der Waals surface area (Å²) in [6.45, 7) is 17.2. The van der Waals surface area contributed by atoms with E-state index in [-0.39, 0.29) is 46.6 Å². The molecule has 0 radical (unpaired) electrons. The number of aromatic nitrogens is 9. The summed E-state index contributed by atoms with van der Waals surface area (Å²) in [4.78, 5) is 79.0. The van der Waals surface area contributed by atoms with Crippen molar-refractivity contribution in [3.05, 3.63) is 161 Å². The highest BCUT2D eigenvalue weighted by molar-refractivity contribution is 5.97. The molecule has 3 aliphatic rings. The van der Waals surface area contributed by atoms with Crippen molar-refractivity contribution >= 4 is 70.6 Å². The van der Waals surface area contributed by atoms with Crippen molar-refractivity contribution in [1.82, 2.24) is 55.1 Å². The van der Waals surface area contributed by atoms with Gasteiger partial charge in [0.15, 0.2) is 0 Å². The minimum Gasteiger partial charge on any atom is -0.494 e. The van der Waals surface area contributed by atoms with Crippen molar-refractivity contribution < 1.29 is 66.9 Å². The molecule has 0 unspecified atom stereocenters. The van der Waals surface area contributed by atoms with Gasteiger partial charge in [-0.25, -0.2) is 9.59 Å². The molecule has 0 saturated carbocycles. The molecule has 0 fully saturated rings. The number of rotatable bonds is 13. The number of anilines is 9. The maximum atomic E-state index is 13.3. The normalized spacial score (nSPS) is 14.3. The molecule has 3 aliphatic heterocycles. The van der Waals surface area contributed by atoms with E-state index in [9.17, 15) is 19.5 Å². The number of carbonyl (C=O) groups excluding carboxylic acids is 2. The fourth-order valence-electron chi connectivity index (χ4n) is 12.1. The van der Waals surface area contributed by atoms with Crippen molar-refractivity contribution in [2.24, 2.45) is 5.41 Å². The van der Waals surface area contributed by atoms with Crippen LogP contribution in [0, 0.1) is 5.41 Å². The number of methoxy groups -OCH3 is 1. The Balaban J connectivity index is 0.000000182. The van der Waals surface area contributed by atoms with Crippen LogP contribution < -0.4 is 79.8 Å². The van der Waals surface area contributed by atoms with E-state index < -0.39 is 11.9 Å². The number of amides is 1. The van der Waals surface area contributed by atoms with E-state index >= 15 is 0 Å². The second-order valence-corrected chi connectivity index (χ2v) is 27.8. The number of hydrogen-bond donors (Lipinski definition) is 8. The highest BCUT2D eigenvalue weighted by Gasteiger charge is 2.24. The third-order valence-corrected chi connectivity index (χ3v) is 17.5. The molecular formula is C83H105N17O14. The number of hydrogen-bond acceptors (Lipinski definition) is 29. The molecule has 18 bridgehead atoms. The summed E-state index contributed by atoms with van der Waals surface area (Å²) in [6, 6.07) is 39.7. The Labute approximate surface area is 665 Å². The van der Waals surface area contributed by atoms with Crippen molar-refractivity contribution in [3.8, 4) is 52.5 Å². The molecule has 8 N–H and O–H groups in total. The lowest BCUT2D eigenvalue weighted by molar-refractivity contribution is 0.0594. The smallest absolute Gasteiger partial charge is 0.341 e. The molecule has 114 heavy (non-hydrogen) atoms. The fourth-order valence-corrected chi connectivity index (χ4v) is 12.1. The zero-order valence-corrected chi connectivity index (χ0v) is 66.2. The number of nitrogens with zero attached hydrogens (tertiary/aromatic N) is 10. The molecule has 606 valence electrons. The van der Waals surface area contributed by atoms with Crippen LogP contribution >= 0.6 is 0 Å². The van der Waals surface area contributed by atoms with Gasteiger partial charge in [-0.05, 0) is 207 Å². The molecule has 0 spiro atoms. The molecule has 0 saturated heterocycles. The highest BCUT2D eigenvalue weighted by atomic mass is 16.5. The number of benzene rings is 6. The van der Waals surface area contributed by atoms with E-state index in [0.717, 1.165) is 118 Å². The maximum Gasteiger partial charge on any atom is 0.341 e. The predicted molar refractivity (Wildman–Crippen MR) is 435 cm³/mol. The van der Waals surface area contributed by atoms with Crippen molar-refractivity contribution in [1.29, 1.82) is 0 Å². The zero-order chi connectivity index (χ0) is 80.3. The first kappa shape index (κ1) is 84.2. The number of fused-ring (bicyclic) bond motifs is 18. The highest BCUT2D eigenvalue weighted by Crippen LogP contribution is 2.32. The zero-order valence-electron chi connectivity index (χ0n) is 66.2. The number of nitrogens with one attached hydrogen (secondary N) is 7. The van der Waals surface area contributed by atoms with Gasteiger partial charge in [-0.2, -0.15) is 44.9 Å². The van der Waals surface area contributed by atoms with E-state index in [0.29, 0.717) is 155 Å². The van der Waals surface area contributed by atoms with Gasteiger partial charge >= 0.3 is 30.0 Å². The maximum absolute atomic E-state index is 13.3. The van der Waals surface area contributed by atoms with Gasteiger partial charge in [-0.15, -0.1) is 0 Å². The fraction of sp³-hybridized carbons (Fsp3) is 0.422. The van der Waals surface area contributed by atoms with E-state index in [1.165, 1.54) is 13.2 Å². The molecular weight excluding hydrogens is 1460 g/mol.